The van der Waals surface area contributed by atoms with E-state index in [1.807, 2.05) is 25.7 Å². The Hall–Kier alpha value is -1.14. The number of morpholine rings is 1. The van der Waals surface area contributed by atoms with Crippen molar-refractivity contribution in [3.05, 3.63) is 16.1 Å². The normalized spacial score (nSPS) is 24.2. The standard InChI is InChI=1S/C16H27N3O2S/c1-10-7-19(8-11(2)21-10)15(20)17-12(3)14-18-13(9-22-14)16(4,5)6/h9-12H,7-8H2,1-6H3,(H,17,20)/t10-,11+,12-/m0/s1. The highest BCUT2D eigenvalue weighted by molar-refractivity contribution is 7.09. The predicted molar refractivity (Wildman–Crippen MR) is 89.3 cm³/mol. The Balaban J connectivity index is 1.97. The highest BCUT2D eigenvalue weighted by Crippen LogP contribution is 2.26. The van der Waals surface area contributed by atoms with Crippen LogP contribution >= 0.6 is 11.3 Å². The average molecular weight is 325 g/mol. The van der Waals surface area contributed by atoms with E-state index < -0.39 is 0 Å². The molecule has 1 N–H and O–H groups in total. The molecule has 0 bridgehead atoms. The van der Waals surface area contributed by atoms with Gasteiger partial charge in [0, 0.05) is 23.9 Å². The van der Waals surface area contributed by atoms with Gasteiger partial charge in [0.15, 0.2) is 0 Å². The van der Waals surface area contributed by atoms with E-state index in [9.17, 15) is 4.79 Å². The largest absolute Gasteiger partial charge is 0.372 e. The lowest BCUT2D eigenvalue weighted by Gasteiger charge is -2.35. The van der Waals surface area contributed by atoms with Gasteiger partial charge in [-0.15, -0.1) is 11.3 Å². The van der Waals surface area contributed by atoms with Crippen LogP contribution in [0.5, 0.6) is 0 Å². The number of ether oxygens (including phenoxy) is 1. The zero-order valence-electron chi connectivity index (χ0n) is 14.3. The molecule has 3 atom stereocenters. The molecule has 1 saturated heterocycles. The minimum atomic E-state index is -0.0814. The number of urea groups is 1. The Morgan fingerprint density at radius 3 is 2.50 bits per heavy atom. The van der Waals surface area contributed by atoms with E-state index in [0.29, 0.717) is 13.1 Å². The molecule has 0 saturated carbocycles. The summed E-state index contributed by atoms with van der Waals surface area (Å²) < 4.78 is 5.66. The summed E-state index contributed by atoms with van der Waals surface area (Å²) in [4.78, 5) is 18.9. The maximum absolute atomic E-state index is 12.4. The topological polar surface area (TPSA) is 54.5 Å². The van der Waals surface area contributed by atoms with Gasteiger partial charge >= 0.3 is 6.03 Å². The van der Waals surface area contributed by atoms with Crippen LogP contribution in [0.25, 0.3) is 0 Å². The lowest BCUT2D eigenvalue weighted by atomic mass is 9.93. The van der Waals surface area contributed by atoms with Crippen molar-refractivity contribution in [1.82, 2.24) is 15.2 Å². The maximum Gasteiger partial charge on any atom is 0.318 e. The smallest absolute Gasteiger partial charge is 0.318 e. The molecule has 1 aromatic heterocycles. The van der Waals surface area contributed by atoms with Crippen LogP contribution in [0, 0.1) is 0 Å². The van der Waals surface area contributed by atoms with E-state index in [1.165, 1.54) is 0 Å². The maximum atomic E-state index is 12.4. The molecular formula is C16H27N3O2S. The first-order valence-corrected chi connectivity index (χ1v) is 8.71. The number of amides is 2. The number of nitrogens with one attached hydrogen (secondary N) is 1. The van der Waals surface area contributed by atoms with Gasteiger partial charge in [-0.3, -0.25) is 0 Å². The fourth-order valence-corrected chi connectivity index (χ4v) is 3.57. The first kappa shape index (κ1) is 17.2. The van der Waals surface area contributed by atoms with Crippen molar-refractivity contribution in [2.75, 3.05) is 13.1 Å². The Kier molecular flexibility index (Phi) is 5.12. The minimum Gasteiger partial charge on any atom is -0.372 e. The molecule has 6 heteroatoms. The summed E-state index contributed by atoms with van der Waals surface area (Å²) in [6, 6.07) is -0.121. The van der Waals surface area contributed by atoms with Crippen LogP contribution in [0.15, 0.2) is 5.38 Å². The van der Waals surface area contributed by atoms with Crippen molar-refractivity contribution in [3.8, 4) is 0 Å². The number of carbonyl (C=O) groups is 1. The summed E-state index contributed by atoms with van der Waals surface area (Å²) >= 11 is 1.61. The van der Waals surface area contributed by atoms with Gasteiger partial charge in [-0.05, 0) is 20.8 Å². The Bertz CT molecular complexity index is 514. The minimum absolute atomic E-state index is 0.0353. The van der Waals surface area contributed by atoms with E-state index in [4.69, 9.17) is 4.74 Å². The second-order valence-corrected chi connectivity index (χ2v) is 8.04. The third-order valence-electron chi connectivity index (χ3n) is 3.71. The molecule has 124 valence electrons. The number of thiazole rings is 1. The molecule has 1 fully saturated rings. The third kappa shape index (κ3) is 4.20. The molecule has 2 amide bonds. The summed E-state index contributed by atoms with van der Waals surface area (Å²) in [6.45, 7) is 13.7. The van der Waals surface area contributed by atoms with E-state index in [2.05, 4.69) is 36.5 Å². The van der Waals surface area contributed by atoms with E-state index in [0.717, 1.165) is 10.7 Å². The zero-order chi connectivity index (χ0) is 16.5. The number of aromatic nitrogens is 1. The molecule has 0 aliphatic carbocycles. The molecule has 2 rings (SSSR count). The molecule has 1 aliphatic rings. The number of hydrogen-bond donors (Lipinski definition) is 1. The monoisotopic (exact) mass is 325 g/mol. The molecular weight excluding hydrogens is 298 g/mol. The molecule has 5 nitrogen and oxygen atoms in total. The number of nitrogens with zero attached hydrogens (tertiary/aromatic N) is 2. The van der Waals surface area contributed by atoms with E-state index in [1.54, 1.807) is 11.3 Å². The first-order valence-electron chi connectivity index (χ1n) is 7.83. The number of hydrogen-bond acceptors (Lipinski definition) is 4. The van der Waals surface area contributed by atoms with Crippen molar-refractivity contribution in [3.63, 3.8) is 0 Å². The van der Waals surface area contributed by atoms with E-state index >= 15 is 0 Å². The lowest BCUT2D eigenvalue weighted by molar-refractivity contribution is -0.0547. The molecule has 1 aliphatic heterocycles. The SMILES string of the molecule is C[C@@H]1CN(C(=O)N[C@@H](C)c2nc(C(C)(C)C)cs2)C[C@H](C)O1. The predicted octanol–water partition coefficient (Wildman–Crippen LogP) is 3.32. The Morgan fingerprint density at radius 2 is 2.00 bits per heavy atom. The van der Waals surface area contributed by atoms with Gasteiger partial charge < -0.3 is 15.0 Å². The summed E-state index contributed by atoms with van der Waals surface area (Å²) in [6.07, 6.45) is 0.161. The van der Waals surface area contributed by atoms with Crippen LogP contribution in [0.4, 0.5) is 4.79 Å². The Labute approximate surface area is 137 Å². The van der Waals surface area contributed by atoms with Crippen molar-refractivity contribution < 1.29 is 9.53 Å². The van der Waals surface area contributed by atoms with E-state index in [-0.39, 0.29) is 29.7 Å². The summed E-state index contributed by atoms with van der Waals surface area (Å²) in [5.41, 5.74) is 1.11. The third-order valence-corrected chi connectivity index (χ3v) is 4.74. The summed E-state index contributed by atoms with van der Waals surface area (Å²) in [5.74, 6) is 0. The van der Waals surface area contributed by atoms with Gasteiger partial charge in [-0.2, -0.15) is 0 Å². The summed E-state index contributed by atoms with van der Waals surface area (Å²) in [7, 11) is 0. The van der Waals surface area contributed by atoms with Crippen molar-refractivity contribution in [1.29, 1.82) is 0 Å². The fraction of sp³-hybridized carbons (Fsp3) is 0.750. The van der Waals surface area contributed by atoms with Crippen molar-refractivity contribution in [2.45, 2.75) is 65.2 Å². The zero-order valence-corrected chi connectivity index (χ0v) is 15.2. The lowest BCUT2D eigenvalue weighted by Crippen LogP contribution is -2.52. The summed E-state index contributed by atoms with van der Waals surface area (Å²) in [5, 5.41) is 6.08. The fourth-order valence-electron chi connectivity index (χ4n) is 2.51. The molecule has 0 radical (unpaired) electrons. The molecule has 0 aromatic carbocycles. The molecule has 2 heterocycles. The van der Waals surface area contributed by atoms with Crippen LogP contribution in [0.2, 0.25) is 0 Å². The molecule has 0 spiro atoms. The van der Waals surface area contributed by atoms with Crippen LogP contribution in [0.3, 0.4) is 0 Å². The number of carbonyl (C=O) groups excluding carboxylic acids is 1. The number of rotatable bonds is 2. The van der Waals surface area contributed by atoms with Crippen LogP contribution < -0.4 is 5.32 Å². The highest BCUT2D eigenvalue weighted by Gasteiger charge is 2.27. The van der Waals surface area contributed by atoms with Gasteiger partial charge in [0.1, 0.15) is 5.01 Å². The molecule has 1 aromatic rings. The van der Waals surface area contributed by atoms with Crippen LogP contribution in [-0.2, 0) is 10.2 Å². The van der Waals surface area contributed by atoms with Crippen LogP contribution in [0.1, 0.15) is 58.3 Å². The van der Waals surface area contributed by atoms with Crippen LogP contribution in [-0.4, -0.2) is 41.2 Å². The second-order valence-electron chi connectivity index (χ2n) is 7.15. The molecule has 0 unspecified atom stereocenters. The highest BCUT2D eigenvalue weighted by atomic mass is 32.1. The van der Waals surface area contributed by atoms with Gasteiger partial charge in [0.05, 0.1) is 23.9 Å². The second kappa shape index (κ2) is 6.54. The van der Waals surface area contributed by atoms with Gasteiger partial charge in [0.2, 0.25) is 0 Å². The van der Waals surface area contributed by atoms with Crippen molar-refractivity contribution >= 4 is 17.4 Å². The first-order chi connectivity index (χ1) is 10.2. The van der Waals surface area contributed by atoms with Gasteiger partial charge in [-0.1, -0.05) is 20.8 Å². The molecule has 22 heavy (non-hydrogen) atoms. The van der Waals surface area contributed by atoms with Gasteiger partial charge in [-0.25, -0.2) is 9.78 Å². The Morgan fingerprint density at radius 1 is 1.41 bits per heavy atom. The van der Waals surface area contributed by atoms with Gasteiger partial charge in [0.25, 0.3) is 0 Å². The quantitative estimate of drug-likeness (QED) is 0.907. The van der Waals surface area contributed by atoms with Crippen molar-refractivity contribution in [2.24, 2.45) is 0 Å². The average Bonchev–Trinajstić information content (AvgIpc) is 2.86.